The summed E-state index contributed by atoms with van der Waals surface area (Å²) >= 11 is 1.68. The molecule has 2 aromatic carbocycles. The highest BCUT2D eigenvalue weighted by atomic mass is 32.1. The number of nitrogens with zero attached hydrogens (tertiary/aromatic N) is 1. The van der Waals surface area contributed by atoms with Crippen LogP contribution in [0.1, 0.15) is 30.3 Å². The van der Waals surface area contributed by atoms with Crippen molar-refractivity contribution in [3.63, 3.8) is 0 Å². The van der Waals surface area contributed by atoms with Crippen LogP contribution in [0.5, 0.6) is 0 Å². The number of fused-ring (bicyclic) bond motifs is 1. The van der Waals surface area contributed by atoms with Gasteiger partial charge in [-0.1, -0.05) is 42.5 Å². The van der Waals surface area contributed by atoms with E-state index in [0.29, 0.717) is 12.3 Å². The molecule has 28 heavy (non-hydrogen) atoms. The third kappa shape index (κ3) is 4.10. The van der Waals surface area contributed by atoms with Crippen LogP contribution in [0, 0.1) is 5.92 Å². The highest BCUT2D eigenvalue weighted by Gasteiger charge is 2.36. The van der Waals surface area contributed by atoms with Crippen molar-refractivity contribution in [2.75, 3.05) is 19.6 Å². The van der Waals surface area contributed by atoms with Gasteiger partial charge in [-0.25, -0.2) is 4.98 Å². The van der Waals surface area contributed by atoms with Gasteiger partial charge < -0.3 is 10.6 Å². The molecule has 0 aliphatic carbocycles. The van der Waals surface area contributed by atoms with Crippen LogP contribution >= 0.6 is 11.3 Å². The number of para-hydroxylation sites is 1. The van der Waals surface area contributed by atoms with E-state index in [4.69, 9.17) is 4.98 Å². The van der Waals surface area contributed by atoms with Gasteiger partial charge in [0.1, 0.15) is 0 Å². The Morgan fingerprint density at radius 3 is 2.75 bits per heavy atom. The summed E-state index contributed by atoms with van der Waals surface area (Å²) in [4.78, 5) is 18.1. The zero-order chi connectivity index (χ0) is 19.4. The number of benzene rings is 2. The Hall–Kier alpha value is -2.24. The zero-order valence-electron chi connectivity index (χ0n) is 16.3. The molecule has 1 aliphatic rings. The van der Waals surface area contributed by atoms with Gasteiger partial charge in [0.05, 0.1) is 20.6 Å². The highest BCUT2D eigenvalue weighted by molar-refractivity contribution is 7.18. The van der Waals surface area contributed by atoms with Crippen molar-refractivity contribution in [3.05, 3.63) is 65.2 Å². The number of nitrogens with one attached hydrogen (secondary N) is 2. The highest BCUT2D eigenvalue weighted by Crippen LogP contribution is 2.32. The van der Waals surface area contributed by atoms with Gasteiger partial charge in [-0.2, -0.15) is 0 Å². The first-order chi connectivity index (χ1) is 13.6. The Morgan fingerprint density at radius 1 is 1.21 bits per heavy atom. The molecule has 146 valence electrons. The topological polar surface area (TPSA) is 54.0 Å². The van der Waals surface area contributed by atoms with Crippen molar-refractivity contribution < 1.29 is 4.79 Å². The SMILES string of the molecule is CC(Cc1nc2ccccc2s1)(C(=O)NCCC1CCNC1)c1ccccc1. The minimum atomic E-state index is -0.636. The molecule has 1 aliphatic heterocycles. The van der Waals surface area contributed by atoms with Gasteiger partial charge in [0.2, 0.25) is 5.91 Å². The van der Waals surface area contributed by atoms with Crippen molar-refractivity contribution in [3.8, 4) is 0 Å². The molecule has 2 unspecified atom stereocenters. The maximum Gasteiger partial charge on any atom is 0.230 e. The lowest BCUT2D eigenvalue weighted by atomic mass is 9.78. The van der Waals surface area contributed by atoms with Crippen molar-refractivity contribution >= 4 is 27.5 Å². The van der Waals surface area contributed by atoms with E-state index in [2.05, 4.69) is 16.7 Å². The summed E-state index contributed by atoms with van der Waals surface area (Å²) in [5.74, 6) is 0.761. The minimum Gasteiger partial charge on any atom is -0.355 e. The van der Waals surface area contributed by atoms with E-state index in [0.717, 1.165) is 42.1 Å². The van der Waals surface area contributed by atoms with Gasteiger partial charge in [-0.3, -0.25) is 4.79 Å². The lowest BCUT2D eigenvalue weighted by Crippen LogP contribution is -2.44. The maximum atomic E-state index is 13.3. The van der Waals surface area contributed by atoms with Crippen molar-refractivity contribution in [2.24, 2.45) is 5.92 Å². The Balaban J connectivity index is 1.54. The van der Waals surface area contributed by atoms with Crippen LogP contribution in [0.4, 0.5) is 0 Å². The molecule has 1 amide bonds. The third-order valence-corrected chi connectivity index (χ3v) is 6.79. The summed E-state index contributed by atoms with van der Waals surface area (Å²) in [6.45, 7) is 4.93. The summed E-state index contributed by atoms with van der Waals surface area (Å²) in [6.07, 6.45) is 2.84. The largest absolute Gasteiger partial charge is 0.355 e. The minimum absolute atomic E-state index is 0.0870. The molecular formula is C23H27N3OS. The molecule has 1 saturated heterocycles. The summed E-state index contributed by atoms with van der Waals surface area (Å²) in [6, 6.07) is 18.3. The Kier molecular flexibility index (Phi) is 5.74. The number of amides is 1. The molecule has 2 atom stereocenters. The van der Waals surface area contributed by atoms with E-state index in [9.17, 15) is 4.79 Å². The van der Waals surface area contributed by atoms with Gasteiger partial charge in [-0.05, 0) is 56.5 Å². The predicted molar refractivity (Wildman–Crippen MR) is 116 cm³/mol. The summed E-state index contributed by atoms with van der Waals surface area (Å²) < 4.78 is 1.17. The monoisotopic (exact) mass is 393 g/mol. The van der Waals surface area contributed by atoms with Gasteiger partial charge in [-0.15, -0.1) is 11.3 Å². The Morgan fingerprint density at radius 2 is 2.00 bits per heavy atom. The van der Waals surface area contributed by atoms with Crippen molar-refractivity contribution in [1.82, 2.24) is 15.6 Å². The van der Waals surface area contributed by atoms with Crippen LogP contribution in [-0.4, -0.2) is 30.5 Å². The third-order valence-electron chi connectivity index (χ3n) is 5.76. The maximum absolute atomic E-state index is 13.3. The van der Waals surface area contributed by atoms with Gasteiger partial charge in [0.25, 0.3) is 0 Å². The van der Waals surface area contributed by atoms with Gasteiger partial charge in [0.15, 0.2) is 0 Å². The number of rotatable bonds is 7. The molecule has 0 bridgehead atoms. The molecule has 2 N–H and O–H groups in total. The second-order valence-electron chi connectivity index (χ2n) is 7.85. The van der Waals surface area contributed by atoms with Crippen LogP contribution in [-0.2, 0) is 16.6 Å². The number of carbonyl (C=O) groups excluding carboxylic acids is 1. The molecule has 0 saturated carbocycles. The van der Waals surface area contributed by atoms with E-state index < -0.39 is 5.41 Å². The molecule has 1 fully saturated rings. The summed E-state index contributed by atoms with van der Waals surface area (Å²) in [5.41, 5.74) is 1.41. The fourth-order valence-corrected chi connectivity index (χ4v) is 5.09. The average molecular weight is 394 g/mol. The normalized spacial score (nSPS) is 18.8. The van der Waals surface area contributed by atoms with E-state index in [-0.39, 0.29) is 5.91 Å². The number of hydrogen-bond donors (Lipinski definition) is 2. The van der Waals surface area contributed by atoms with E-state index in [1.165, 1.54) is 11.1 Å². The van der Waals surface area contributed by atoms with Gasteiger partial charge in [0, 0.05) is 13.0 Å². The lowest BCUT2D eigenvalue weighted by molar-refractivity contribution is -0.126. The summed E-state index contributed by atoms with van der Waals surface area (Å²) in [5, 5.41) is 7.61. The first-order valence-corrected chi connectivity index (χ1v) is 10.9. The van der Waals surface area contributed by atoms with Crippen LogP contribution in [0.15, 0.2) is 54.6 Å². The van der Waals surface area contributed by atoms with E-state index >= 15 is 0 Å². The molecule has 5 heteroatoms. The number of aromatic nitrogens is 1. The quantitative estimate of drug-likeness (QED) is 0.640. The van der Waals surface area contributed by atoms with Crippen molar-refractivity contribution in [1.29, 1.82) is 0 Å². The number of carbonyl (C=O) groups is 1. The number of hydrogen-bond acceptors (Lipinski definition) is 4. The van der Waals surface area contributed by atoms with Crippen LogP contribution in [0.25, 0.3) is 10.2 Å². The van der Waals surface area contributed by atoms with Crippen LogP contribution < -0.4 is 10.6 Å². The van der Waals surface area contributed by atoms with Crippen molar-refractivity contribution in [2.45, 2.75) is 31.6 Å². The standard InChI is InChI=1S/C23H27N3OS/c1-23(18-7-3-2-4-8-18,22(27)25-14-12-17-11-13-24-16-17)15-21-26-19-9-5-6-10-20(19)28-21/h2-10,17,24H,11-16H2,1H3,(H,25,27). The van der Waals surface area contributed by atoms with Crippen LogP contribution in [0.3, 0.4) is 0 Å². The molecule has 1 aromatic heterocycles. The zero-order valence-corrected chi connectivity index (χ0v) is 17.1. The van der Waals surface area contributed by atoms with E-state index in [1.807, 2.05) is 55.5 Å². The molecule has 2 heterocycles. The fourth-order valence-electron chi connectivity index (χ4n) is 3.96. The predicted octanol–water partition coefficient (Wildman–Crippen LogP) is 3.91. The van der Waals surface area contributed by atoms with E-state index in [1.54, 1.807) is 11.3 Å². The molecule has 0 radical (unpaired) electrons. The first-order valence-electron chi connectivity index (χ1n) is 10.0. The summed E-state index contributed by atoms with van der Waals surface area (Å²) in [7, 11) is 0. The Bertz CT molecular complexity index is 900. The smallest absolute Gasteiger partial charge is 0.230 e. The Labute approximate surface area is 170 Å². The molecule has 4 nitrogen and oxygen atoms in total. The number of thiazole rings is 1. The average Bonchev–Trinajstić information content (AvgIpc) is 3.37. The molecule has 0 spiro atoms. The lowest BCUT2D eigenvalue weighted by Gasteiger charge is -2.28. The second-order valence-corrected chi connectivity index (χ2v) is 8.97. The van der Waals surface area contributed by atoms with Crippen LogP contribution in [0.2, 0.25) is 0 Å². The molecular weight excluding hydrogens is 366 g/mol. The molecule has 4 rings (SSSR count). The first kappa shape index (κ1) is 19.1. The molecule has 3 aromatic rings. The second kappa shape index (κ2) is 8.41. The van der Waals surface area contributed by atoms with Gasteiger partial charge >= 0.3 is 0 Å². The fraction of sp³-hybridized carbons (Fsp3) is 0.391.